The second-order valence-electron chi connectivity index (χ2n) is 3.99. The van der Waals surface area contributed by atoms with Crippen LogP contribution in [0.25, 0.3) is 0 Å². The molecule has 146 valence electrons. The number of allylic oxidation sites excluding steroid dienone is 3. The predicted octanol–water partition coefficient (Wildman–Crippen LogP) is 5.93. The van der Waals surface area contributed by atoms with Crippen molar-refractivity contribution in [1.82, 2.24) is 4.72 Å². The molecule has 0 heterocycles. The summed E-state index contributed by atoms with van der Waals surface area (Å²) in [5.74, 6) is 0.0992. The summed E-state index contributed by atoms with van der Waals surface area (Å²) in [5, 5.41) is 0. The zero-order valence-electron chi connectivity index (χ0n) is 17.9. The lowest BCUT2D eigenvalue weighted by atomic mass is 10.0. The van der Waals surface area contributed by atoms with Crippen molar-refractivity contribution in [1.29, 1.82) is 0 Å². The Balaban J connectivity index is -0.000000297. The van der Waals surface area contributed by atoms with E-state index in [4.69, 9.17) is 0 Å². The van der Waals surface area contributed by atoms with Crippen molar-refractivity contribution < 1.29 is 8.42 Å². The first-order valence-electron chi connectivity index (χ1n) is 9.27. The van der Waals surface area contributed by atoms with Gasteiger partial charge in [-0.3, -0.25) is 4.99 Å². The van der Waals surface area contributed by atoms with Crippen LogP contribution in [0.1, 0.15) is 82.1 Å². The number of hydrogen-bond donors (Lipinski definition) is 1. The largest absolute Gasteiger partial charge is 0.264 e. The van der Waals surface area contributed by atoms with Gasteiger partial charge in [-0.05, 0) is 38.8 Å². The first kappa shape index (κ1) is 30.9. The van der Waals surface area contributed by atoms with Crippen LogP contribution in [-0.4, -0.2) is 21.7 Å². The maximum Gasteiger partial charge on any atom is 0.242 e. The average Bonchev–Trinajstić information content (AvgIpc) is 2.65. The summed E-state index contributed by atoms with van der Waals surface area (Å²) in [6, 6.07) is 0. The molecule has 24 heavy (non-hydrogen) atoms. The first-order valence-corrected chi connectivity index (χ1v) is 10.8. The maximum atomic E-state index is 12.0. The number of aliphatic imine (C=N–C) groups is 1. The zero-order chi connectivity index (χ0) is 20.2. The van der Waals surface area contributed by atoms with E-state index in [0.29, 0.717) is 5.70 Å². The van der Waals surface area contributed by atoms with Crippen molar-refractivity contribution in [3.05, 3.63) is 22.8 Å². The summed E-state index contributed by atoms with van der Waals surface area (Å²) in [6.07, 6.45) is 6.68. The molecule has 0 amide bonds. The normalized spacial score (nSPS) is 13.0. The van der Waals surface area contributed by atoms with E-state index >= 15 is 0 Å². The van der Waals surface area contributed by atoms with Gasteiger partial charge in [-0.15, -0.1) is 0 Å². The van der Waals surface area contributed by atoms with Crippen molar-refractivity contribution >= 4 is 16.2 Å². The van der Waals surface area contributed by atoms with Gasteiger partial charge in [0.05, 0.1) is 5.70 Å². The van der Waals surface area contributed by atoms with Crippen LogP contribution < -0.4 is 4.72 Å². The summed E-state index contributed by atoms with van der Waals surface area (Å²) in [5.41, 5.74) is 0.617. The van der Waals surface area contributed by atoms with E-state index in [1.165, 1.54) is 7.05 Å². The zero-order valence-corrected chi connectivity index (χ0v) is 18.7. The third-order valence-corrected chi connectivity index (χ3v) is 4.08. The van der Waals surface area contributed by atoms with Gasteiger partial charge in [0.15, 0.2) is 0 Å². The van der Waals surface area contributed by atoms with Gasteiger partial charge in [0.1, 0.15) is 4.91 Å². The Bertz CT molecular complexity index is 436. The number of nitrogens with one attached hydrogen (secondary N) is 1. The van der Waals surface area contributed by atoms with Crippen LogP contribution in [-0.2, 0) is 10.0 Å². The highest BCUT2D eigenvalue weighted by molar-refractivity contribution is 7.93. The molecule has 1 atom stereocenters. The molecule has 0 bridgehead atoms. The molecule has 0 aromatic heterocycles. The molecule has 0 aromatic rings. The minimum atomic E-state index is -3.48. The Hall–Kier alpha value is -0.940. The maximum absolute atomic E-state index is 12.0. The lowest BCUT2D eigenvalue weighted by Gasteiger charge is -2.14. The molecular weight excluding hydrogens is 320 g/mol. The molecule has 0 aliphatic carbocycles. The van der Waals surface area contributed by atoms with E-state index in [-0.39, 0.29) is 10.8 Å². The van der Waals surface area contributed by atoms with Gasteiger partial charge in [0, 0.05) is 6.21 Å². The van der Waals surface area contributed by atoms with E-state index in [2.05, 4.69) is 9.71 Å². The van der Waals surface area contributed by atoms with Gasteiger partial charge >= 0.3 is 0 Å². The minimum Gasteiger partial charge on any atom is -0.264 e. The fraction of sp³-hybridized carbons (Fsp3) is 0.737. The van der Waals surface area contributed by atoms with Crippen LogP contribution >= 0.6 is 0 Å². The average molecular weight is 363 g/mol. The lowest BCUT2D eigenvalue weighted by Crippen LogP contribution is -2.22. The first-order chi connectivity index (χ1) is 11.4. The highest BCUT2D eigenvalue weighted by Crippen LogP contribution is 2.24. The van der Waals surface area contributed by atoms with Crippen LogP contribution in [0.15, 0.2) is 27.7 Å². The monoisotopic (exact) mass is 362 g/mol. The van der Waals surface area contributed by atoms with E-state index < -0.39 is 10.0 Å². The van der Waals surface area contributed by atoms with Crippen molar-refractivity contribution in [2.75, 3.05) is 7.05 Å². The number of hydrogen-bond acceptors (Lipinski definition) is 3. The molecule has 0 saturated heterocycles. The SMILES string of the molecule is C/C=C\C(=C(\N=CCC)C(C)CC)S(=O)(=O)NC.CC.CC.CC. The Kier molecular flexibility index (Phi) is 28.4. The number of rotatable bonds is 7. The molecule has 0 spiro atoms. The smallest absolute Gasteiger partial charge is 0.242 e. The van der Waals surface area contributed by atoms with Crippen molar-refractivity contribution in [2.24, 2.45) is 10.9 Å². The van der Waals surface area contributed by atoms with Crippen LogP contribution in [0.4, 0.5) is 0 Å². The molecule has 0 aliphatic heterocycles. The summed E-state index contributed by atoms with van der Waals surface area (Å²) < 4.78 is 26.4. The van der Waals surface area contributed by atoms with Crippen LogP contribution in [0.2, 0.25) is 0 Å². The van der Waals surface area contributed by atoms with Gasteiger partial charge < -0.3 is 0 Å². The van der Waals surface area contributed by atoms with Crippen molar-refractivity contribution in [3.8, 4) is 0 Å². The molecular formula is C19H42N2O2S. The second-order valence-corrected chi connectivity index (χ2v) is 5.84. The third kappa shape index (κ3) is 13.5. The lowest BCUT2D eigenvalue weighted by molar-refractivity contribution is 0.591. The fourth-order valence-electron chi connectivity index (χ4n) is 1.39. The number of nitrogens with zero attached hydrogens (tertiary/aromatic N) is 1. The van der Waals surface area contributed by atoms with Gasteiger partial charge in [0.25, 0.3) is 0 Å². The Morgan fingerprint density at radius 2 is 1.54 bits per heavy atom. The highest BCUT2D eigenvalue weighted by Gasteiger charge is 2.20. The molecule has 0 aromatic carbocycles. The van der Waals surface area contributed by atoms with E-state index in [1.54, 1.807) is 25.3 Å². The highest BCUT2D eigenvalue weighted by atomic mass is 32.2. The van der Waals surface area contributed by atoms with Crippen LogP contribution in [0.3, 0.4) is 0 Å². The third-order valence-electron chi connectivity index (χ3n) is 2.62. The molecule has 0 radical (unpaired) electrons. The summed E-state index contributed by atoms with van der Waals surface area (Å²) in [7, 11) is -2.06. The summed E-state index contributed by atoms with van der Waals surface area (Å²) in [6.45, 7) is 19.8. The molecule has 0 aliphatic rings. The van der Waals surface area contributed by atoms with Crippen LogP contribution in [0.5, 0.6) is 0 Å². The quantitative estimate of drug-likeness (QED) is 0.451. The standard InChI is InChI=1S/C13H24N2O2S.3C2H6/c1-6-9-12(18(16,17)14-5)13(11(4)8-3)15-10-7-2;3*1-2/h6,9-11,14H,7-8H2,1-5H3;3*1-2H3/b9-6-,13-12-,15-10?;;;. The summed E-state index contributed by atoms with van der Waals surface area (Å²) >= 11 is 0. The fourth-order valence-corrected chi connectivity index (χ4v) is 2.46. The van der Waals surface area contributed by atoms with Gasteiger partial charge in [-0.2, -0.15) is 0 Å². The summed E-state index contributed by atoms with van der Waals surface area (Å²) in [4.78, 5) is 4.59. The van der Waals surface area contributed by atoms with E-state index in [9.17, 15) is 8.42 Å². The Morgan fingerprint density at radius 1 is 1.08 bits per heavy atom. The molecule has 4 nitrogen and oxygen atoms in total. The van der Waals surface area contributed by atoms with Gasteiger partial charge in [-0.1, -0.05) is 68.4 Å². The van der Waals surface area contributed by atoms with Gasteiger partial charge in [-0.25, -0.2) is 13.1 Å². The molecule has 1 unspecified atom stereocenters. The van der Waals surface area contributed by atoms with Crippen molar-refractivity contribution in [2.45, 2.75) is 82.1 Å². The molecule has 1 N–H and O–H groups in total. The molecule has 5 heteroatoms. The van der Waals surface area contributed by atoms with Crippen LogP contribution in [0, 0.1) is 5.92 Å². The van der Waals surface area contributed by atoms with Crippen molar-refractivity contribution in [3.63, 3.8) is 0 Å². The predicted molar refractivity (Wildman–Crippen MR) is 112 cm³/mol. The Labute approximate surface area is 152 Å². The van der Waals surface area contributed by atoms with E-state index in [1.807, 2.05) is 62.3 Å². The molecule has 0 rings (SSSR count). The van der Waals surface area contributed by atoms with Gasteiger partial charge in [0.2, 0.25) is 10.0 Å². The van der Waals surface area contributed by atoms with E-state index in [0.717, 1.165) is 12.8 Å². The molecule has 0 fully saturated rings. The molecule has 0 saturated carbocycles. The Morgan fingerprint density at radius 3 is 1.83 bits per heavy atom. The number of sulfonamides is 1. The minimum absolute atomic E-state index is 0.0992. The topological polar surface area (TPSA) is 58.5 Å². The second kappa shape index (κ2) is 22.1.